The van der Waals surface area contributed by atoms with Crippen LogP contribution in [0.4, 0.5) is 0 Å². The topological polar surface area (TPSA) is 62.3 Å². The molecule has 164 valence electrons. The molecule has 2 heterocycles. The van der Waals surface area contributed by atoms with E-state index in [1.165, 1.54) is 0 Å². The zero-order valence-corrected chi connectivity index (χ0v) is 18.6. The lowest BCUT2D eigenvalue weighted by atomic mass is 9.73. The first kappa shape index (κ1) is 21.5. The minimum Gasteiger partial charge on any atom is -0.353 e. The van der Waals surface area contributed by atoms with Gasteiger partial charge in [0.25, 0.3) is 0 Å². The van der Waals surface area contributed by atoms with Gasteiger partial charge in [-0.3, -0.25) is 14.6 Å². The van der Waals surface area contributed by atoms with E-state index in [-0.39, 0.29) is 23.8 Å². The van der Waals surface area contributed by atoms with Crippen LogP contribution in [0.25, 0.3) is 11.1 Å². The third-order valence-electron chi connectivity index (χ3n) is 6.73. The maximum absolute atomic E-state index is 13.5. The zero-order chi connectivity index (χ0) is 21.8. The summed E-state index contributed by atoms with van der Waals surface area (Å²) in [5, 5.41) is 3.15. The van der Waals surface area contributed by atoms with E-state index < -0.39 is 5.41 Å². The molecule has 1 aliphatic heterocycles. The molecule has 1 aliphatic carbocycles. The maximum atomic E-state index is 13.5. The van der Waals surface area contributed by atoms with E-state index in [1.807, 2.05) is 30.9 Å². The molecule has 2 amide bonds. The average Bonchev–Trinajstić information content (AvgIpc) is 2.73. The Bertz CT molecular complexity index is 923. The molecule has 4 rings (SSSR count). The summed E-state index contributed by atoms with van der Waals surface area (Å²) in [6.45, 7) is 5.27. The van der Waals surface area contributed by atoms with Crippen molar-refractivity contribution >= 4 is 11.8 Å². The third-order valence-corrected chi connectivity index (χ3v) is 6.73. The molecule has 31 heavy (non-hydrogen) atoms. The number of nitrogens with zero attached hydrogens (tertiary/aromatic N) is 2. The van der Waals surface area contributed by atoms with Crippen LogP contribution in [-0.2, 0) is 16.0 Å². The average molecular weight is 420 g/mol. The molecule has 1 saturated carbocycles. The Morgan fingerprint density at radius 1 is 1.13 bits per heavy atom. The monoisotopic (exact) mass is 419 g/mol. The smallest absolute Gasteiger partial charge is 0.228 e. The number of likely N-dealkylation sites (tertiary alicyclic amines) is 1. The van der Waals surface area contributed by atoms with Gasteiger partial charge >= 0.3 is 0 Å². The Morgan fingerprint density at radius 2 is 1.90 bits per heavy atom. The molecule has 2 aliphatic rings. The van der Waals surface area contributed by atoms with Crippen LogP contribution in [0.5, 0.6) is 0 Å². The number of nitrogens with one attached hydrogen (secondary N) is 1. The number of aromatic nitrogens is 1. The van der Waals surface area contributed by atoms with Crippen molar-refractivity contribution in [3.63, 3.8) is 0 Å². The highest BCUT2D eigenvalue weighted by Crippen LogP contribution is 2.37. The van der Waals surface area contributed by atoms with Crippen molar-refractivity contribution in [1.29, 1.82) is 0 Å². The second-order valence-electron chi connectivity index (χ2n) is 9.51. The number of hydrogen-bond donors (Lipinski definition) is 1. The standard InChI is InChI=1S/C26H33N3O2/c1-19(2)28-25(31)26(12-5-15-29(18-26)24(30)22-7-4-8-22)17-20-6-3-9-23(16-20)21-10-13-27-14-11-21/h3,6,9-11,13-14,16,19,22H,4-5,7-8,12,15,17-18H2,1-2H3,(H,28,31)/t26-/m0/s1. The predicted octanol–water partition coefficient (Wildman–Crippen LogP) is 4.22. The van der Waals surface area contributed by atoms with Gasteiger partial charge in [-0.1, -0.05) is 30.7 Å². The highest BCUT2D eigenvalue weighted by Gasteiger charge is 2.45. The summed E-state index contributed by atoms with van der Waals surface area (Å²) in [6.07, 6.45) is 9.04. The minimum atomic E-state index is -0.585. The molecule has 0 radical (unpaired) electrons. The Morgan fingerprint density at radius 3 is 2.58 bits per heavy atom. The molecule has 2 fully saturated rings. The van der Waals surface area contributed by atoms with Crippen molar-refractivity contribution in [1.82, 2.24) is 15.2 Å². The summed E-state index contributed by atoms with van der Waals surface area (Å²) in [5.74, 6) is 0.486. The summed E-state index contributed by atoms with van der Waals surface area (Å²) < 4.78 is 0. The molecule has 1 aromatic carbocycles. The van der Waals surface area contributed by atoms with Gasteiger partial charge < -0.3 is 10.2 Å². The first-order valence-corrected chi connectivity index (χ1v) is 11.6. The largest absolute Gasteiger partial charge is 0.353 e. The van der Waals surface area contributed by atoms with Gasteiger partial charge in [0.05, 0.1) is 5.41 Å². The molecule has 0 unspecified atom stereocenters. The van der Waals surface area contributed by atoms with Gasteiger partial charge in [0, 0.05) is 37.4 Å². The Balaban J connectivity index is 1.61. The first-order valence-electron chi connectivity index (χ1n) is 11.6. The maximum Gasteiger partial charge on any atom is 0.228 e. The van der Waals surface area contributed by atoms with E-state index in [4.69, 9.17) is 0 Å². The van der Waals surface area contributed by atoms with Gasteiger partial charge in [0.15, 0.2) is 0 Å². The van der Waals surface area contributed by atoms with Gasteiger partial charge in [-0.15, -0.1) is 0 Å². The fraction of sp³-hybridized carbons (Fsp3) is 0.500. The summed E-state index contributed by atoms with van der Waals surface area (Å²) in [6, 6.07) is 12.5. The van der Waals surface area contributed by atoms with Crippen LogP contribution in [0, 0.1) is 11.3 Å². The molecular formula is C26H33N3O2. The second kappa shape index (κ2) is 9.21. The molecule has 0 bridgehead atoms. The lowest BCUT2D eigenvalue weighted by molar-refractivity contribution is -0.146. The summed E-state index contributed by atoms with van der Waals surface area (Å²) in [4.78, 5) is 32.5. The van der Waals surface area contributed by atoms with Crippen molar-refractivity contribution in [3.8, 4) is 11.1 Å². The van der Waals surface area contributed by atoms with E-state index in [0.29, 0.717) is 13.0 Å². The molecule has 5 nitrogen and oxygen atoms in total. The highest BCUT2D eigenvalue weighted by atomic mass is 16.2. The number of carbonyl (C=O) groups excluding carboxylic acids is 2. The van der Waals surface area contributed by atoms with E-state index >= 15 is 0 Å². The zero-order valence-electron chi connectivity index (χ0n) is 18.6. The Kier molecular flexibility index (Phi) is 6.40. The van der Waals surface area contributed by atoms with Gasteiger partial charge in [0.2, 0.25) is 11.8 Å². The van der Waals surface area contributed by atoms with Crippen LogP contribution in [0.15, 0.2) is 48.8 Å². The molecule has 1 atom stereocenters. The van der Waals surface area contributed by atoms with Crippen molar-refractivity contribution in [3.05, 3.63) is 54.4 Å². The van der Waals surface area contributed by atoms with Crippen molar-refractivity contribution in [2.45, 2.75) is 58.4 Å². The number of piperidine rings is 1. The van der Waals surface area contributed by atoms with Crippen molar-refractivity contribution < 1.29 is 9.59 Å². The quantitative estimate of drug-likeness (QED) is 0.762. The molecule has 5 heteroatoms. The Labute approximate surface area is 185 Å². The number of pyridine rings is 1. The van der Waals surface area contributed by atoms with Gasteiger partial charge in [-0.2, -0.15) is 0 Å². The minimum absolute atomic E-state index is 0.0722. The van der Waals surface area contributed by atoms with Crippen LogP contribution >= 0.6 is 0 Å². The normalized spacial score (nSPS) is 21.6. The van der Waals surface area contributed by atoms with Gasteiger partial charge in [-0.25, -0.2) is 0 Å². The second-order valence-corrected chi connectivity index (χ2v) is 9.51. The fourth-order valence-electron chi connectivity index (χ4n) is 4.85. The molecule has 0 spiro atoms. The Hall–Kier alpha value is -2.69. The third kappa shape index (κ3) is 4.81. The number of rotatable bonds is 6. The van der Waals surface area contributed by atoms with Crippen LogP contribution in [0.3, 0.4) is 0 Å². The molecule has 1 saturated heterocycles. The lowest BCUT2D eigenvalue weighted by Crippen LogP contribution is -2.56. The number of amides is 2. The van der Waals surface area contributed by atoms with Crippen molar-refractivity contribution in [2.24, 2.45) is 11.3 Å². The number of carbonyl (C=O) groups is 2. The van der Waals surface area contributed by atoms with Crippen LogP contribution in [0.2, 0.25) is 0 Å². The summed E-state index contributed by atoms with van der Waals surface area (Å²) in [5.41, 5.74) is 2.78. The van der Waals surface area contributed by atoms with E-state index in [1.54, 1.807) is 12.4 Å². The molecular weight excluding hydrogens is 386 g/mol. The predicted molar refractivity (Wildman–Crippen MR) is 122 cm³/mol. The number of hydrogen-bond acceptors (Lipinski definition) is 3. The summed E-state index contributed by atoms with van der Waals surface area (Å²) in [7, 11) is 0. The number of benzene rings is 1. The van der Waals surface area contributed by atoms with Crippen LogP contribution in [-0.4, -0.2) is 40.8 Å². The molecule has 1 aromatic heterocycles. The van der Waals surface area contributed by atoms with Crippen molar-refractivity contribution in [2.75, 3.05) is 13.1 Å². The lowest BCUT2D eigenvalue weighted by Gasteiger charge is -2.44. The first-order chi connectivity index (χ1) is 15.0. The van der Waals surface area contributed by atoms with Gasteiger partial charge in [-0.05, 0) is 74.8 Å². The van der Waals surface area contributed by atoms with E-state index in [2.05, 4.69) is 34.6 Å². The fourth-order valence-corrected chi connectivity index (χ4v) is 4.85. The highest BCUT2D eigenvalue weighted by molar-refractivity contribution is 5.86. The van der Waals surface area contributed by atoms with Gasteiger partial charge in [0.1, 0.15) is 0 Å². The van der Waals surface area contributed by atoms with E-state index in [0.717, 1.165) is 55.3 Å². The summed E-state index contributed by atoms with van der Waals surface area (Å²) >= 11 is 0. The molecule has 2 aromatic rings. The van der Waals surface area contributed by atoms with E-state index in [9.17, 15) is 9.59 Å². The van der Waals surface area contributed by atoms with Crippen LogP contribution in [0.1, 0.15) is 51.5 Å². The SMILES string of the molecule is CC(C)NC(=O)[C@]1(Cc2cccc(-c3ccncc3)c2)CCCN(C(=O)C2CCC2)C1. The molecule has 1 N–H and O–H groups in total. The van der Waals surface area contributed by atoms with Crippen LogP contribution < -0.4 is 5.32 Å².